The van der Waals surface area contributed by atoms with Gasteiger partial charge < -0.3 is 9.84 Å². The van der Waals surface area contributed by atoms with E-state index < -0.39 is 5.97 Å². The molecule has 5 heteroatoms. The molecule has 98 valence electrons. The predicted molar refractivity (Wildman–Crippen MR) is 73.0 cm³/mol. The second-order valence-corrected chi connectivity index (χ2v) is 4.12. The van der Waals surface area contributed by atoms with E-state index in [4.69, 9.17) is 9.84 Å². The molecule has 0 fully saturated rings. The molecule has 0 aliphatic carbocycles. The molecule has 2 aromatic heterocycles. The molecular formula is C15H10N2O3. The number of ether oxygens (including phenoxy) is 1. The number of carboxylic acid groups (broad SMARTS) is 1. The van der Waals surface area contributed by atoms with E-state index in [2.05, 4.69) is 9.97 Å². The van der Waals surface area contributed by atoms with Gasteiger partial charge >= 0.3 is 5.97 Å². The van der Waals surface area contributed by atoms with Crippen LogP contribution in [0.3, 0.4) is 0 Å². The Hall–Kier alpha value is -2.95. The van der Waals surface area contributed by atoms with Crippen LogP contribution in [-0.2, 0) is 0 Å². The molecule has 0 radical (unpaired) electrons. The molecule has 0 saturated heterocycles. The Labute approximate surface area is 114 Å². The van der Waals surface area contributed by atoms with Gasteiger partial charge in [0.25, 0.3) is 0 Å². The normalized spacial score (nSPS) is 10.4. The Balaban J connectivity index is 1.95. The van der Waals surface area contributed by atoms with Gasteiger partial charge in [-0.05, 0) is 30.3 Å². The Morgan fingerprint density at radius 2 is 1.95 bits per heavy atom. The van der Waals surface area contributed by atoms with Crippen LogP contribution in [0.25, 0.3) is 10.9 Å². The summed E-state index contributed by atoms with van der Waals surface area (Å²) in [6.45, 7) is 0. The number of aromatic carboxylic acids is 1. The predicted octanol–water partition coefficient (Wildman–Crippen LogP) is 3.12. The third kappa shape index (κ3) is 2.29. The zero-order valence-electron chi connectivity index (χ0n) is 10.4. The fourth-order valence-electron chi connectivity index (χ4n) is 1.84. The van der Waals surface area contributed by atoms with Crippen molar-refractivity contribution in [3.8, 4) is 11.6 Å². The zero-order chi connectivity index (χ0) is 13.9. The van der Waals surface area contributed by atoms with E-state index in [9.17, 15) is 4.79 Å². The molecule has 3 rings (SSSR count). The fourth-order valence-corrected chi connectivity index (χ4v) is 1.84. The van der Waals surface area contributed by atoms with Crippen LogP contribution in [0.15, 0.2) is 54.9 Å². The number of fused-ring (bicyclic) bond motifs is 1. The highest BCUT2D eigenvalue weighted by molar-refractivity contribution is 5.87. The minimum atomic E-state index is -1.02. The van der Waals surface area contributed by atoms with Crippen LogP contribution in [-0.4, -0.2) is 21.0 Å². The van der Waals surface area contributed by atoms with Crippen LogP contribution in [0.2, 0.25) is 0 Å². The molecule has 5 nitrogen and oxygen atoms in total. The summed E-state index contributed by atoms with van der Waals surface area (Å²) in [5.41, 5.74) is 0.948. The van der Waals surface area contributed by atoms with Crippen molar-refractivity contribution in [1.82, 2.24) is 9.97 Å². The van der Waals surface area contributed by atoms with Gasteiger partial charge in [-0.2, -0.15) is 0 Å². The van der Waals surface area contributed by atoms with Gasteiger partial charge in [-0.3, -0.25) is 4.98 Å². The maximum Gasteiger partial charge on any atom is 0.337 e. The molecule has 2 heterocycles. The number of pyridine rings is 2. The maximum atomic E-state index is 10.8. The lowest BCUT2D eigenvalue weighted by Crippen LogP contribution is -1.97. The van der Waals surface area contributed by atoms with Gasteiger partial charge in [0.15, 0.2) is 0 Å². The van der Waals surface area contributed by atoms with E-state index in [1.54, 1.807) is 6.20 Å². The molecule has 0 aliphatic rings. The summed E-state index contributed by atoms with van der Waals surface area (Å²) in [4.78, 5) is 19.0. The van der Waals surface area contributed by atoms with Crippen molar-refractivity contribution < 1.29 is 14.6 Å². The number of aromatic nitrogens is 2. The first-order chi connectivity index (χ1) is 9.74. The second-order valence-electron chi connectivity index (χ2n) is 4.12. The number of benzene rings is 1. The lowest BCUT2D eigenvalue weighted by atomic mass is 10.2. The first kappa shape index (κ1) is 12.1. The molecule has 1 N–H and O–H groups in total. The third-order valence-corrected chi connectivity index (χ3v) is 2.80. The molecule has 0 saturated carbocycles. The second kappa shape index (κ2) is 4.97. The van der Waals surface area contributed by atoms with E-state index in [1.807, 2.05) is 30.3 Å². The first-order valence-corrected chi connectivity index (χ1v) is 5.95. The molecule has 0 spiro atoms. The van der Waals surface area contributed by atoms with Gasteiger partial charge in [-0.15, -0.1) is 0 Å². The van der Waals surface area contributed by atoms with Crippen LogP contribution in [0.1, 0.15) is 10.4 Å². The van der Waals surface area contributed by atoms with Gasteiger partial charge in [0.1, 0.15) is 5.75 Å². The summed E-state index contributed by atoms with van der Waals surface area (Å²) in [7, 11) is 0. The minimum Gasteiger partial charge on any atom is -0.478 e. The van der Waals surface area contributed by atoms with Crippen LogP contribution in [0.5, 0.6) is 11.6 Å². The third-order valence-electron chi connectivity index (χ3n) is 2.80. The average molecular weight is 266 g/mol. The van der Waals surface area contributed by atoms with E-state index in [0.29, 0.717) is 11.6 Å². The van der Waals surface area contributed by atoms with Crippen molar-refractivity contribution in [2.24, 2.45) is 0 Å². The lowest BCUT2D eigenvalue weighted by molar-refractivity contribution is 0.0696. The number of nitrogens with zero attached hydrogens (tertiary/aromatic N) is 2. The van der Waals surface area contributed by atoms with Crippen molar-refractivity contribution in [1.29, 1.82) is 0 Å². The highest BCUT2D eigenvalue weighted by Gasteiger charge is 2.06. The number of carbonyl (C=O) groups is 1. The van der Waals surface area contributed by atoms with Crippen molar-refractivity contribution in [2.45, 2.75) is 0 Å². The zero-order valence-corrected chi connectivity index (χ0v) is 10.4. The van der Waals surface area contributed by atoms with Gasteiger partial charge in [-0.25, -0.2) is 9.78 Å². The van der Waals surface area contributed by atoms with Crippen LogP contribution in [0, 0.1) is 0 Å². The summed E-state index contributed by atoms with van der Waals surface area (Å²) >= 11 is 0. The molecule has 0 bridgehead atoms. The average Bonchev–Trinajstić information content (AvgIpc) is 2.48. The van der Waals surface area contributed by atoms with E-state index >= 15 is 0 Å². The van der Waals surface area contributed by atoms with E-state index in [-0.39, 0.29) is 5.56 Å². The molecule has 0 atom stereocenters. The largest absolute Gasteiger partial charge is 0.478 e. The summed E-state index contributed by atoms with van der Waals surface area (Å²) in [6, 6.07) is 12.3. The smallest absolute Gasteiger partial charge is 0.337 e. The molecular weight excluding hydrogens is 256 g/mol. The Morgan fingerprint density at radius 1 is 1.05 bits per heavy atom. The first-order valence-electron chi connectivity index (χ1n) is 5.95. The highest BCUT2D eigenvalue weighted by Crippen LogP contribution is 2.27. The van der Waals surface area contributed by atoms with Crippen LogP contribution < -0.4 is 4.74 Å². The molecule has 3 aromatic rings. The van der Waals surface area contributed by atoms with E-state index in [0.717, 1.165) is 10.9 Å². The number of rotatable bonds is 3. The molecule has 0 aliphatic heterocycles. The van der Waals surface area contributed by atoms with Gasteiger partial charge in [0.05, 0.1) is 11.1 Å². The van der Waals surface area contributed by atoms with Crippen molar-refractivity contribution in [2.75, 3.05) is 0 Å². The molecule has 1 aromatic carbocycles. The van der Waals surface area contributed by atoms with E-state index in [1.165, 1.54) is 18.3 Å². The summed E-state index contributed by atoms with van der Waals surface area (Å²) in [5, 5.41) is 9.69. The Morgan fingerprint density at radius 3 is 2.70 bits per heavy atom. The summed E-state index contributed by atoms with van der Waals surface area (Å²) < 4.78 is 5.68. The number of carboxylic acids is 1. The van der Waals surface area contributed by atoms with Crippen LogP contribution >= 0.6 is 0 Å². The van der Waals surface area contributed by atoms with Crippen molar-refractivity contribution in [3.05, 3.63) is 60.4 Å². The Bertz CT molecular complexity index is 764. The van der Waals surface area contributed by atoms with Crippen molar-refractivity contribution in [3.63, 3.8) is 0 Å². The van der Waals surface area contributed by atoms with Gasteiger partial charge in [0.2, 0.25) is 5.88 Å². The lowest BCUT2D eigenvalue weighted by Gasteiger charge is -2.07. The highest BCUT2D eigenvalue weighted by atomic mass is 16.5. The minimum absolute atomic E-state index is 0.122. The fraction of sp³-hybridized carbons (Fsp3) is 0. The number of hydrogen-bond donors (Lipinski definition) is 1. The van der Waals surface area contributed by atoms with Gasteiger partial charge in [-0.1, -0.05) is 6.07 Å². The summed E-state index contributed by atoms with van der Waals surface area (Å²) in [6.07, 6.45) is 2.98. The molecule has 0 amide bonds. The van der Waals surface area contributed by atoms with Gasteiger partial charge in [0, 0.05) is 23.8 Å². The monoisotopic (exact) mass is 266 g/mol. The quantitative estimate of drug-likeness (QED) is 0.788. The van der Waals surface area contributed by atoms with Crippen LogP contribution in [0.4, 0.5) is 0 Å². The SMILES string of the molecule is O=C(O)c1ccc(Oc2cccc3ncccc23)nc1. The van der Waals surface area contributed by atoms with Crippen molar-refractivity contribution >= 4 is 16.9 Å². The standard InChI is InChI=1S/C15H10N2O3/c18-15(19)10-6-7-14(17-9-10)20-13-5-1-4-12-11(13)3-2-8-16-12/h1-9H,(H,18,19). The topological polar surface area (TPSA) is 72.3 Å². The maximum absolute atomic E-state index is 10.8. The summed E-state index contributed by atoms with van der Waals surface area (Å²) in [5.74, 6) is -0.0454. The Kier molecular flexibility index (Phi) is 3.01. The number of hydrogen-bond acceptors (Lipinski definition) is 4. The molecule has 0 unspecified atom stereocenters. The molecule has 20 heavy (non-hydrogen) atoms.